The number of epoxide rings is 1. The molecule has 0 aromatic heterocycles. The highest BCUT2D eigenvalue weighted by atomic mass is 28.3. The zero-order valence-corrected chi connectivity index (χ0v) is 12.9. The van der Waals surface area contributed by atoms with Crippen LogP contribution in [-0.2, 0) is 4.74 Å². The van der Waals surface area contributed by atoms with Crippen LogP contribution in [0.2, 0.25) is 19.6 Å². The first kappa shape index (κ1) is 14.1. The van der Waals surface area contributed by atoms with Gasteiger partial charge in [0, 0.05) is 5.92 Å². The van der Waals surface area contributed by atoms with Gasteiger partial charge in [-0.25, -0.2) is 0 Å². The third-order valence-corrected chi connectivity index (χ3v) is 4.67. The number of ether oxygens (including phenoxy) is 1. The van der Waals surface area contributed by atoms with Crippen molar-refractivity contribution in [2.24, 2.45) is 5.92 Å². The SMILES string of the molecule is C1CC2OC2C1.C[Si](C)(C)C#C[C@@H]1CCC[C@H]1O. The standard InChI is InChI=1S/C10H18OSi.C5H8O/c1-12(2,3)8-7-9-5-4-6-10(9)11;1-2-4-5(3-1)6-4/h9-11H,4-6H2,1-3H3;4-5H,1-3H2/t9-,10+;/m0./s1. The van der Waals surface area contributed by atoms with E-state index in [0.29, 0.717) is 12.2 Å². The zero-order valence-electron chi connectivity index (χ0n) is 11.9. The van der Waals surface area contributed by atoms with Crippen LogP contribution in [-0.4, -0.2) is 31.5 Å². The van der Waals surface area contributed by atoms with Crippen LogP contribution in [0.25, 0.3) is 0 Å². The summed E-state index contributed by atoms with van der Waals surface area (Å²) in [5.41, 5.74) is 3.32. The van der Waals surface area contributed by atoms with Gasteiger partial charge in [0.15, 0.2) is 0 Å². The molecule has 4 atom stereocenters. The van der Waals surface area contributed by atoms with E-state index in [0.717, 1.165) is 19.3 Å². The van der Waals surface area contributed by atoms with Crippen LogP contribution in [0.15, 0.2) is 0 Å². The van der Waals surface area contributed by atoms with Crippen molar-refractivity contribution >= 4 is 8.07 Å². The van der Waals surface area contributed by atoms with E-state index in [-0.39, 0.29) is 12.0 Å². The van der Waals surface area contributed by atoms with Crippen molar-refractivity contribution in [2.45, 2.75) is 76.5 Å². The van der Waals surface area contributed by atoms with Gasteiger partial charge in [0.2, 0.25) is 0 Å². The van der Waals surface area contributed by atoms with Gasteiger partial charge in [-0.1, -0.05) is 19.6 Å². The molecule has 0 amide bonds. The molecule has 102 valence electrons. The lowest BCUT2D eigenvalue weighted by atomic mass is 10.1. The monoisotopic (exact) mass is 266 g/mol. The minimum atomic E-state index is -1.23. The quantitative estimate of drug-likeness (QED) is 0.415. The molecule has 1 heterocycles. The second kappa shape index (κ2) is 5.77. The number of hydrogen-bond donors (Lipinski definition) is 1. The Hall–Kier alpha value is -0.303. The van der Waals surface area contributed by atoms with E-state index in [1.807, 2.05) is 0 Å². The predicted octanol–water partition coefficient (Wildman–Crippen LogP) is 2.97. The molecule has 0 radical (unpaired) electrons. The van der Waals surface area contributed by atoms with Crippen LogP contribution in [0.1, 0.15) is 38.5 Å². The highest BCUT2D eigenvalue weighted by Crippen LogP contribution is 2.37. The second-order valence-corrected chi connectivity index (χ2v) is 11.5. The maximum absolute atomic E-state index is 9.50. The summed E-state index contributed by atoms with van der Waals surface area (Å²) in [6.45, 7) is 6.71. The van der Waals surface area contributed by atoms with Crippen molar-refractivity contribution in [3.05, 3.63) is 0 Å². The number of aliphatic hydroxyl groups excluding tert-OH is 1. The van der Waals surface area contributed by atoms with Gasteiger partial charge in [-0.3, -0.25) is 0 Å². The van der Waals surface area contributed by atoms with Crippen molar-refractivity contribution in [3.63, 3.8) is 0 Å². The fourth-order valence-electron chi connectivity index (χ4n) is 2.63. The molecule has 2 aliphatic carbocycles. The second-order valence-electron chi connectivity index (χ2n) is 6.77. The highest BCUT2D eigenvalue weighted by molar-refractivity contribution is 6.83. The maximum atomic E-state index is 9.50. The molecule has 2 unspecified atom stereocenters. The summed E-state index contributed by atoms with van der Waals surface area (Å²) in [6.07, 6.45) is 8.56. The van der Waals surface area contributed by atoms with Crippen LogP contribution in [0, 0.1) is 17.4 Å². The summed E-state index contributed by atoms with van der Waals surface area (Å²) in [7, 11) is -1.23. The fraction of sp³-hybridized carbons (Fsp3) is 0.867. The molecular formula is C15H26O2Si. The molecular weight excluding hydrogens is 240 g/mol. The Morgan fingerprint density at radius 2 is 1.61 bits per heavy atom. The molecule has 0 spiro atoms. The van der Waals surface area contributed by atoms with Gasteiger partial charge < -0.3 is 9.84 Å². The van der Waals surface area contributed by atoms with E-state index < -0.39 is 8.07 Å². The predicted molar refractivity (Wildman–Crippen MR) is 77.0 cm³/mol. The lowest BCUT2D eigenvalue weighted by Crippen LogP contribution is -2.18. The number of hydrogen-bond acceptors (Lipinski definition) is 2. The van der Waals surface area contributed by atoms with Crippen molar-refractivity contribution in [2.75, 3.05) is 0 Å². The number of aliphatic hydroxyl groups is 1. The molecule has 1 aliphatic heterocycles. The lowest BCUT2D eigenvalue weighted by Gasteiger charge is -2.08. The molecule has 1 N–H and O–H groups in total. The van der Waals surface area contributed by atoms with E-state index in [1.54, 1.807) is 0 Å². The normalized spacial score (nSPS) is 37.1. The van der Waals surface area contributed by atoms with Crippen molar-refractivity contribution in [1.29, 1.82) is 0 Å². The van der Waals surface area contributed by atoms with E-state index in [1.165, 1.54) is 19.3 Å². The zero-order chi connectivity index (χ0) is 13.2. The van der Waals surface area contributed by atoms with Crippen LogP contribution < -0.4 is 0 Å². The van der Waals surface area contributed by atoms with E-state index >= 15 is 0 Å². The third-order valence-electron chi connectivity index (χ3n) is 3.78. The third kappa shape index (κ3) is 4.42. The minimum Gasteiger partial charge on any atom is -0.392 e. The Labute approximate surface area is 112 Å². The fourth-order valence-corrected chi connectivity index (χ4v) is 3.24. The van der Waals surface area contributed by atoms with E-state index in [4.69, 9.17) is 4.74 Å². The first-order valence-corrected chi connectivity index (χ1v) is 10.8. The molecule has 18 heavy (non-hydrogen) atoms. The molecule has 2 saturated carbocycles. The van der Waals surface area contributed by atoms with Gasteiger partial charge in [-0.15, -0.1) is 11.5 Å². The van der Waals surface area contributed by atoms with Crippen molar-refractivity contribution in [1.82, 2.24) is 0 Å². The molecule has 3 aliphatic rings. The van der Waals surface area contributed by atoms with E-state index in [2.05, 4.69) is 31.1 Å². The summed E-state index contributed by atoms with van der Waals surface area (Å²) in [4.78, 5) is 0. The maximum Gasteiger partial charge on any atom is 0.129 e. The molecule has 0 bridgehead atoms. The van der Waals surface area contributed by atoms with Gasteiger partial charge in [0.25, 0.3) is 0 Å². The van der Waals surface area contributed by atoms with Crippen LogP contribution in [0.5, 0.6) is 0 Å². The van der Waals surface area contributed by atoms with Crippen molar-refractivity contribution in [3.8, 4) is 11.5 Å². The Kier molecular flexibility index (Phi) is 4.53. The molecule has 3 rings (SSSR count). The van der Waals surface area contributed by atoms with Crippen LogP contribution in [0.3, 0.4) is 0 Å². The average Bonchev–Trinajstić information content (AvgIpc) is 2.72. The smallest absolute Gasteiger partial charge is 0.129 e. The largest absolute Gasteiger partial charge is 0.392 e. The Morgan fingerprint density at radius 1 is 1.00 bits per heavy atom. The Balaban J connectivity index is 0.000000164. The topological polar surface area (TPSA) is 32.8 Å². The van der Waals surface area contributed by atoms with Gasteiger partial charge in [-0.2, -0.15) is 0 Å². The van der Waals surface area contributed by atoms with Gasteiger partial charge in [-0.05, 0) is 38.5 Å². The van der Waals surface area contributed by atoms with Gasteiger partial charge >= 0.3 is 0 Å². The first-order chi connectivity index (χ1) is 8.46. The first-order valence-electron chi connectivity index (χ1n) is 7.32. The lowest BCUT2D eigenvalue weighted by molar-refractivity contribution is 0.157. The van der Waals surface area contributed by atoms with Crippen LogP contribution in [0.4, 0.5) is 0 Å². The molecule has 1 saturated heterocycles. The summed E-state index contributed by atoms with van der Waals surface area (Å²) < 4.78 is 5.15. The molecule has 2 nitrogen and oxygen atoms in total. The Bertz CT molecular complexity index is 329. The highest BCUT2D eigenvalue weighted by Gasteiger charge is 2.42. The van der Waals surface area contributed by atoms with Gasteiger partial charge in [0.1, 0.15) is 8.07 Å². The summed E-state index contributed by atoms with van der Waals surface area (Å²) in [6, 6.07) is 0. The summed E-state index contributed by atoms with van der Waals surface area (Å²) in [5, 5.41) is 9.50. The molecule has 3 heteroatoms. The van der Waals surface area contributed by atoms with Crippen LogP contribution >= 0.6 is 0 Å². The van der Waals surface area contributed by atoms with E-state index in [9.17, 15) is 5.11 Å². The minimum absolute atomic E-state index is 0.145. The molecule has 3 fully saturated rings. The van der Waals surface area contributed by atoms with Gasteiger partial charge in [0.05, 0.1) is 18.3 Å². The Morgan fingerprint density at radius 3 is 1.94 bits per heavy atom. The summed E-state index contributed by atoms with van der Waals surface area (Å²) in [5.74, 6) is 3.51. The number of rotatable bonds is 0. The summed E-state index contributed by atoms with van der Waals surface area (Å²) >= 11 is 0. The molecule has 0 aromatic rings. The number of fused-ring (bicyclic) bond motifs is 1. The van der Waals surface area contributed by atoms with Crippen molar-refractivity contribution < 1.29 is 9.84 Å². The molecule has 0 aromatic carbocycles. The average molecular weight is 266 g/mol.